The fourth-order valence-corrected chi connectivity index (χ4v) is 2.17. The number of carboxylic acid groups (broad SMARTS) is 1. The molecule has 2 aromatic heterocycles. The van der Waals surface area contributed by atoms with Gasteiger partial charge in [0.2, 0.25) is 0 Å². The second kappa shape index (κ2) is 4.80. The zero-order chi connectivity index (χ0) is 12.3. The lowest BCUT2D eigenvalue weighted by Gasteiger charge is -1.99. The van der Waals surface area contributed by atoms with Gasteiger partial charge in [-0.1, -0.05) is 6.07 Å². The van der Waals surface area contributed by atoms with Crippen LogP contribution < -0.4 is 5.11 Å². The average molecular weight is 246 g/mol. The van der Waals surface area contributed by atoms with Gasteiger partial charge in [0.05, 0.1) is 29.9 Å². The van der Waals surface area contributed by atoms with Gasteiger partial charge in [0, 0.05) is 11.8 Å². The highest BCUT2D eigenvalue weighted by Crippen LogP contribution is 2.26. The number of hydrogen-bond donors (Lipinski definition) is 0. The Balaban J connectivity index is 2.40. The molecule has 0 amide bonds. The van der Waals surface area contributed by atoms with Crippen LogP contribution in [0.2, 0.25) is 0 Å². The van der Waals surface area contributed by atoms with E-state index in [9.17, 15) is 9.90 Å². The summed E-state index contributed by atoms with van der Waals surface area (Å²) < 4.78 is 1.46. The summed E-state index contributed by atoms with van der Waals surface area (Å²) in [6.45, 7) is 0.377. The molecule has 17 heavy (non-hydrogen) atoms. The van der Waals surface area contributed by atoms with E-state index in [0.29, 0.717) is 12.2 Å². The van der Waals surface area contributed by atoms with Crippen LogP contribution in [0.1, 0.15) is 16.8 Å². The lowest BCUT2D eigenvalue weighted by Crippen LogP contribution is -2.22. The van der Waals surface area contributed by atoms with E-state index >= 15 is 0 Å². The van der Waals surface area contributed by atoms with Crippen LogP contribution in [-0.2, 0) is 6.54 Å². The fourth-order valence-electron chi connectivity index (χ4n) is 1.45. The molecule has 2 rings (SSSR count). The van der Waals surface area contributed by atoms with Gasteiger partial charge in [-0.2, -0.15) is 10.4 Å². The SMILES string of the molecule is N#CCCn1cc(C(=O)[O-])c(-c2cccs2)n1. The van der Waals surface area contributed by atoms with Crippen LogP contribution in [0.5, 0.6) is 0 Å². The smallest absolute Gasteiger partial charge is 0.111 e. The maximum Gasteiger partial charge on any atom is 0.111 e. The molecule has 0 saturated carbocycles. The fraction of sp³-hybridized carbons (Fsp3) is 0.182. The number of nitrogens with zero attached hydrogens (tertiary/aromatic N) is 3. The highest BCUT2D eigenvalue weighted by Gasteiger charge is 2.12. The Morgan fingerprint density at radius 3 is 3.06 bits per heavy atom. The summed E-state index contributed by atoms with van der Waals surface area (Å²) in [5.41, 5.74) is 0.461. The number of aromatic carboxylic acids is 1. The molecule has 0 N–H and O–H groups in total. The van der Waals surface area contributed by atoms with Crippen molar-refractivity contribution in [2.75, 3.05) is 0 Å². The van der Waals surface area contributed by atoms with Crippen molar-refractivity contribution in [2.45, 2.75) is 13.0 Å². The van der Waals surface area contributed by atoms with Gasteiger partial charge in [-0.25, -0.2) is 0 Å². The summed E-state index contributed by atoms with van der Waals surface area (Å²) in [5, 5.41) is 25.5. The second-order valence-electron chi connectivity index (χ2n) is 3.33. The predicted molar refractivity (Wildman–Crippen MR) is 60.1 cm³/mol. The number of aryl methyl sites for hydroxylation is 1. The first kappa shape index (κ1) is 11.4. The third-order valence-corrected chi connectivity index (χ3v) is 3.07. The first-order valence-corrected chi connectivity index (χ1v) is 5.80. The van der Waals surface area contributed by atoms with Crippen LogP contribution in [0.25, 0.3) is 10.6 Å². The van der Waals surface area contributed by atoms with Crippen LogP contribution in [-0.4, -0.2) is 15.7 Å². The van der Waals surface area contributed by atoms with E-state index in [0.717, 1.165) is 4.88 Å². The van der Waals surface area contributed by atoms with Crippen LogP contribution >= 0.6 is 11.3 Å². The van der Waals surface area contributed by atoms with Gasteiger partial charge in [-0.3, -0.25) is 4.68 Å². The van der Waals surface area contributed by atoms with Gasteiger partial charge in [0.25, 0.3) is 0 Å². The first-order chi connectivity index (χ1) is 8.22. The zero-order valence-corrected chi connectivity index (χ0v) is 9.61. The summed E-state index contributed by atoms with van der Waals surface area (Å²) in [6, 6.07) is 5.61. The molecular formula is C11H8N3O2S-. The number of thiophene rings is 1. The van der Waals surface area contributed by atoms with E-state index < -0.39 is 5.97 Å². The van der Waals surface area contributed by atoms with Crippen molar-refractivity contribution in [3.8, 4) is 16.6 Å². The molecule has 0 bridgehead atoms. The van der Waals surface area contributed by atoms with Crippen molar-refractivity contribution in [3.63, 3.8) is 0 Å². The molecule has 2 aromatic rings. The maximum absolute atomic E-state index is 11.0. The number of carbonyl (C=O) groups is 1. The molecule has 0 aliphatic rings. The molecule has 6 heteroatoms. The monoisotopic (exact) mass is 246 g/mol. The van der Waals surface area contributed by atoms with E-state index in [4.69, 9.17) is 5.26 Å². The molecule has 0 saturated heterocycles. The highest BCUT2D eigenvalue weighted by atomic mass is 32.1. The standard InChI is InChI=1S/C11H9N3O2S/c12-4-2-5-14-7-8(11(15)16)10(13-14)9-3-1-6-17-9/h1,3,6-7H,2,5H2,(H,15,16)/p-1. The Hall–Kier alpha value is -2.13. The maximum atomic E-state index is 11.0. The van der Waals surface area contributed by atoms with Crippen LogP contribution in [0.4, 0.5) is 0 Å². The second-order valence-corrected chi connectivity index (χ2v) is 4.28. The first-order valence-electron chi connectivity index (χ1n) is 4.92. The number of carbonyl (C=O) groups excluding carboxylic acids is 1. The number of carboxylic acids is 1. The van der Waals surface area contributed by atoms with Crippen molar-refractivity contribution >= 4 is 17.3 Å². The minimum absolute atomic E-state index is 0.0605. The third kappa shape index (κ3) is 2.34. The number of nitriles is 1. The van der Waals surface area contributed by atoms with E-state index in [2.05, 4.69) is 5.10 Å². The van der Waals surface area contributed by atoms with Crippen molar-refractivity contribution in [1.29, 1.82) is 5.26 Å². The quantitative estimate of drug-likeness (QED) is 0.802. The molecule has 0 aromatic carbocycles. The number of hydrogen-bond acceptors (Lipinski definition) is 5. The van der Waals surface area contributed by atoms with Gasteiger partial charge >= 0.3 is 0 Å². The van der Waals surface area contributed by atoms with Gasteiger partial charge < -0.3 is 9.90 Å². The van der Waals surface area contributed by atoms with Crippen molar-refractivity contribution in [2.24, 2.45) is 0 Å². The lowest BCUT2D eigenvalue weighted by atomic mass is 10.2. The van der Waals surface area contributed by atoms with Gasteiger partial charge in [0.1, 0.15) is 5.69 Å². The van der Waals surface area contributed by atoms with Crippen molar-refractivity contribution in [3.05, 3.63) is 29.3 Å². The lowest BCUT2D eigenvalue weighted by molar-refractivity contribution is -0.254. The molecule has 0 atom stereocenters. The van der Waals surface area contributed by atoms with E-state index in [1.54, 1.807) is 6.07 Å². The van der Waals surface area contributed by atoms with E-state index in [1.807, 2.05) is 17.5 Å². The van der Waals surface area contributed by atoms with Crippen LogP contribution in [0.15, 0.2) is 23.7 Å². The number of rotatable bonds is 4. The summed E-state index contributed by atoms with van der Waals surface area (Å²) in [7, 11) is 0. The van der Waals surface area contributed by atoms with Crippen LogP contribution in [0, 0.1) is 11.3 Å². The highest BCUT2D eigenvalue weighted by molar-refractivity contribution is 7.13. The Kier molecular flexibility index (Phi) is 3.21. The largest absolute Gasteiger partial charge is 0.545 e. The van der Waals surface area contributed by atoms with E-state index in [-0.39, 0.29) is 12.0 Å². The normalized spacial score (nSPS) is 10.1. The molecular weight excluding hydrogens is 238 g/mol. The Morgan fingerprint density at radius 1 is 1.65 bits per heavy atom. The zero-order valence-electron chi connectivity index (χ0n) is 8.79. The minimum Gasteiger partial charge on any atom is -0.545 e. The summed E-state index contributed by atoms with van der Waals surface area (Å²) in [4.78, 5) is 11.8. The average Bonchev–Trinajstić information content (AvgIpc) is 2.94. The third-order valence-electron chi connectivity index (χ3n) is 2.19. The summed E-state index contributed by atoms with van der Waals surface area (Å²) in [6.07, 6.45) is 1.69. The van der Waals surface area contributed by atoms with Crippen LogP contribution in [0.3, 0.4) is 0 Å². The topological polar surface area (TPSA) is 81.7 Å². The van der Waals surface area contributed by atoms with Crippen molar-refractivity contribution < 1.29 is 9.90 Å². The Labute approximate surface area is 102 Å². The molecule has 2 heterocycles. The van der Waals surface area contributed by atoms with E-state index in [1.165, 1.54) is 22.2 Å². The molecule has 0 radical (unpaired) electrons. The molecule has 0 fully saturated rings. The van der Waals surface area contributed by atoms with Gasteiger partial charge in [-0.15, -0.1) is 11.3 Å². The molecule has 0 aliphatic carbocycles. The Bertz CT molecular complexity index is 566. The molecule has 5 nitrogen and oxygen atoms in total. The summed E-state index contributed by atoms with van der Waals surface area (Å²) >= 11 is 1.41. The molecule has 0 unspecified atom stereocenters. The number of aromatic nitrogens is 2. The van der Waals surface area contributed by atoms with Gasteiger partial charge in [0.15, 0.2) is 0 Å². The molecule has 0 spiro atoms. The van der Waals surface area contributed by atoms with Gasteiger partial charge in [-0.05, 0) is 11.4 Å². The summed E-state index contributed by atoms with van der Waals surface area (Å²) in [5.74, 6) is -1.25. The Morgan fingerprint density at radius 2 is 2.47 bits per heavy atom. The molecule has 0 aliphatic heterocycles. The molecule has 86 valence electrons. The minimum atomic E-state index is -1.25. The van der Waals surface area contributed by atoms with Crippen molar-refractivity contribution in [1.82, 2.24) is 9.78 Å². The predicted octanol–water partition coefficient (Wildman–Crippen LogP) is 0.889.